The minimum Gasteiger partial charge on any atom is -0.443 e. The summed E-state index contributed by atoms with van der Waals surface area (Å²) in [5, 5.41) is 7.04. The third kappa shape index (κ3) is 5.12. The van der Waals surface area contributed by atoms with Gasteiger partial charge in [0.1, 0.15) is 12.4 Å². The van der Waals surface area contributed by atoms with Gasteiger partial charge in [-0.15, -0.1) is 11.3 Å². The van der Waals surface area contributed by atoms with Gasteiger partial charge in [0.05, 0.1) is 16.9 Å². The second-order valence-electron chi connectivity index (χ2n) is 8.16. The normalized spacial score (nSPS) is 14.4. The van der Waals surface area contributed by atoms with E-state index >= 15 is 0 Å². The SMILES string of the molecule is O=C(NCC1CCN(c2cccc(-c3cncc4ccccc34)n2)CC1)OCc1cscn1. The van der Waals surface area contributed by atoms with Crippen molar-refractivity contribution in [2.75, 3.05) is 24.5 Å². The summed E-state index contributed by atoms with van der Waals surface area (Å²) < 4.78 is 5.22. The van der Waals surface area contributed by atoms with Crippen LogP contribution in [0.1, 0.15) is 18.5 Å². The lowest BCUT2D eigenvalue weighted by atomic mass is 9.97. The largest absolute Gasteiger partial charge is 0.443 e. The molecule has 4 heterocycles. The highest BCUT2D eigenvalue weighted by Gasteiger charge is 2.21. The number of hydrogen-bond acceptors (Lipinski definition) is 7. The number of thiazole rings is 1. The van der Waals surface area contributed by atoms with E-state index in [9.17, 15) is 4.79 Å². The van der Waals surface area contributed by atoms with Crippen LogP contribution in [0.15, 0.2) is 65.7 Å². The number of fused-ring (bicyclic) bond motifs is 1. The van der Waals surface area contributed by atoms with Gasteiger partial charge < -0.3 is 15.0 Å². The van der Waals surface area contributed by atoms with Crippen molar-refractivity contribution in [2.24, 2.45) is 5.92 Å². The molecule has 1 aromatic carbocycles. The number of aromatic nitrogens is 3. The summed E-state index contributed by atoms with van der Waals surface area (Å²) >= 11 is 1.49. The van der Waals surface area contributed by atoms with Crippen molar-refractivity contribution in [1.29, 1.82) is 0 Å². The van der Waals surface area contributed by atoms with Crippen LogP contribution < -0.4 is 10.2 Å². The van der Waals surface area contributed by atoms with Crippen molar-refractivity contribution in [3.05, 3.63) is 71.4 Å². The average Bonchev–Trinajstić information content (AvgIpc) is 3.40. The zero-order valence-electron chi connectivity index (χ0n) is 18.2. The number of benzene rings is 1. The first kappa shape index (κ1) is 21.3. The van der Waals surface area contributed by atoms with Crippen LogP contribution in [0.4, 0.5) is 10.6 Å². The molecule has 1 N–H and O–H groups in total. The van der Waals surface area contributed by atoms with E-state index in [1.54, 1.807) is 5.51 Å². The van der Waals surface area contributed by atoms with Crippen LogP contribution in [0.3, 0.4) is 0 Å². The maximum absolute atomic E-state index is 11.9. The lowest BCUT2D eigenvalue weighted by Crippen LogP contribution is -2.39. The predicted molar refractivity (Wildman–Crippen MR) is 130 cm³/mol. The van der Waals surface area contributed by atoms with E-state index in [0.717, 1.165) is 59.5 Å². The second kappa shape index (κ2) is 9.95. The van der Waals surface area contributed by atoms with Gasteiger partial charge in [-0.2, -0.15) is 0 Å². The van der Waals surface area contributed by atoms with Crippen LogP contribution in [0, 0.1) is 5.92 Å². The van der Waals surface area contributed by atoms with Crippen LogP contribution in [0.25, 0.3) is 22.0 Å². The molecule has 8 heteroatoms. The van der Waals surface area contributed by atoms with E-state index < -0.39 is 0 Å². The fraction of sp³-hybridized carbons (Fsp3) is 0.280. The summed E-state index contributed by atoms with van der Waals surface area (Å²) in [4.78, 5) is 27.7. The van der Waals surface area contributed by atoms with E-state index in [1.165, 1.54) is 11.3 Å². The van der Waals surface area contributed by atoms with Crippen molar-refractivity contribution in [3.63, 3.8) is 0 Å². The number of piperidine rings is 1. The highest BCUT2D eigenvalue weighted by molar-refractivity contribution is 7.07. The fourth-order valence-electron chi connectivity index (χ4n) is 4.16. The average molecular weight is 460 g/mol. The maximum Gasteiger partial charge on any atom is 0.407 e. The molecular weight excluding hydrogens is 434 g/mol. The van der Waals surface area contributed by atoms with Crippen molar-refractivity contribution >= 4 is 34.0 Å². The molecule has 0 saturated carbocycles. The molecule has 0 spiro atoms. The molecule has 0 radical (unpaired) electrons. The van der Waals surface area contributed by atoms with E-state index in [0.29, 0.717) is 12.5 Å². The number of alkyl carbamates (subject to hydrolysis) is 1. The Labute approximate surface area is 196 Å². The molecule has 4 aromatic rings. The smallest absolute Gasteiger partial charge is 0.407 e. The molecular formula is C25H25N5O2S. The molecule has 168 valence electrons. The molecule has 0 bridgehead atoms. The van der Waals surface area contributed by atoms with Crippen LogP contribution in [0.5, 0.6) is 0 Å². The van der Waals surface area contributed by atoms with E-state index in [4.69, 9.17) is 9.72 Å². The van der Waals surface area contributed by atoms with E-state index in [2.05, 4.69) is 44.5 Å². The summed E-state index contributed by atoms with van der Waals surface area (Å²) in [5.74, 6) is 1.41. The first-order chi connectivity index (χ1) is 16.3. The van der Waals surface area contributed by atoms with Gasteiger partial charge in [-0.25, -0.2) is 14.8 Å². The standard InChI is InChI=1S/C25H25N5O2S/c31-25(32-15-20-16-33-17-28-20)27-12-18-8-10-30(11-9-18)24-7-3-6-23(29-24)22-14-26-13-19-4-1-2-5-21(19)22/h1-7,13-14,16-18H,8-12,15H2,(H,27,31). The van der Waals surface area contributed by atoms with Crippen LogP contribution in [-0.2, 0) is 11.3 Å². The van der Waals surface area contributed by atoms with E-state index in [1.807, 2.05) is 36.0 Å². The topological polar surface area (TPSA) is 80.2 Å². The Bertz CT molecular complexity index is 1220. The molecule has 1 fully saturated rings. The van der Waals surface area contributed by atoms with Gasteiger partial charge in [0.2, 0.25) is 0 Å². The second-order valence-corrected chi connectivity index (χ2v) is 8.88. The number of pyridine rings is 2. The Balaban J connectivity index is 1.16. The quantitative estimate of drug-likeness (QED) is 0.442. The third-order valence-corrected chi connectivity index (χ3v) is 6.62. The molecule has 1 aliphatic heterocycles. The molecule has 0 aliphatic carbocycles. The van der Waals surface area contributed by atoms with Gasteiger partial charge >= 0.3 is 6.09 Å². The first-order valence-corrected chi connectivity index (χ1v) is 12.0. The lowest BCUT2D eigenvalue weighted by Gasteiger charge is -2.33. The number of nitrogens with one attached hydrogen (secondary N) is 1. The maximum atomic E-state index is 11.9. The molecule has 33 heavy (non-hydrogen) atoms. The predicted octanol–water partition coefficient (Wildman–Crippen LogP) is 4.90. The molecule has 3 aromatic heterocycles. The molecule has 1 aliphatic rings. The molecule has 1 amide bonds. The zero-order valence-corrected chi connectivity index (χ0v) is 19.0. The number of amides is 1. The number of ether oxygens (including phenoxy) is 1. The Kier molecular flexibility index (Phi) is 6.44. The van der Waals surface area contributed by atoms with Gasteiger partial charge in [0.25, 0.3) is 0 Å². The molecule has 0 atom stereocenters. The van der Waals surface area contributed by atoms with Crippen molar-refractivity contribution < 1.29 is 9.53 Å². The summed E-state index contributed by atoms with van der Waals surface area (Å²) in [6.45, 7) is 2.65. The highest BCUT2D eigenvalue weighted by Crippen LogP contribution is 2.29. The van der Waals surface area contributed by atoms with Gasteiger partial charge in [0.15, 0.2) is 0 Å². The number of anilines is 1. The summed E-state index contributed by atoms with van der Waals surface area (Å²) in [6.07, 6.45) is 5.38. The van der Waals surface area contributed by atoms with Crippen molar-refractivity contribution in [2.45, 2.75) is 19.4 Å². The summed E-state index contributed by atoms with van der Waals surface area (Å²) in [5.41, 5.74) is 4.49. The van der Waals surface area contributed by atoms with Crippen molar-refractivity contribution in [3.8, 4) is 11.3 Å². The molecule has 5 rings (SSSR count). The Morgan fingerprint density at radius 3 is 2.85 bits per heavy atom. The lowest BCUT2D eigenvalue weighted by molar-refractivity contribution is 0.136. The molecule has 0 unspecified atom stereocenters. The van der Waals surface area contributed by atoms with Crippen LogP contribution >= 0.6 is 11.3 Å². The van der Waals surface area contributed by atoms with Crippen molar-refractivity contribution in [1.82, 2.24) is 20.3 Å². The zero-order chi connectivity index (χ0) is 22.5. The summed E-state index contributed by atoms with van der Waals surface area (Å²) in [6, 6.07) is 14.4. The molecule has 7 nitrogen and oxygen atoms in total. The Hall–Kier alpha value is -3.52. The van der Waals surface area contributed by atoms with Gasteiger partial charge in [0, 0.05) is 48.4 Å². The Morgan fingerprint density at radius 2 is 2.00 bits per heavy atom. The third-order valence-electron chi connectivity index (χ3n) is 5.99. The summed E-state index contributed by atoms with van der Waals surface area (Å²) in [7, 11) is 0. The minimum absolute atomic E-state index is 0.210. The van der Waals surface area contributed by atoms with Gasteiger partial charge in [-0.3, -0.25) is 4.98 Å². The van der Waals surface area contributed by atoms with Gasteiger partial charge in [-0.05, 0) is 36.3 Å². The fourth-order valence-corrected chi connectivity index (χ4v) is 4.71. The van der Waals surface area contributed by atoms with Gasteiger partial charge in [-0.1, -0.05) is 30.3 Å². The number of nitrogens with zero attached hydrogens (tertiary/aromatic N) is 4. The highest BCUT2D eigenvalue weighted by atomic mass is 32.1. The number of carbonyl (C=O) groups is 1. The number of rotatable bonds is 6. The molecule has 1 saturated heterocycles. The monoisotopic (exact) mass is 459 g/mol. The van der Waals surface area contributed by atoms with Crippen LogP contribution in [0.2, 0.25) is 0 Å². The minimum atomic E-state index is -0.386. The number of hydrogen-bond donors (Lipinski definition) is 1. The Morgan fingerprint density at radius 1 is 1.12 bits per heavy atom. The van der Waals surface area contributed by atoms with E-state index in [-0.39, 0.29) is 12.7 Å². The first-order valence-electron chi connectivity index (χ1n) is 11.1. The van der Waals surface area contributed by atoms with Crippen LogP contribution in [-0.4, -0.2) is 40.7 Å². The number of carbonyl (C=O) groups excluding carboxylic acids is 1.